The molecule has 162 valence electrons. The topological polar surface area (TPSA) is 77.2 Å². The molecule has 4 rings (SSSR count). The number of urea groups is 1. The maximum absolute atomic E-state index is 12.4. The van der Waals surface area contributed by atoms with Crippen molar-refractivity contribution in [1.82, 2.24) is 9.88 Å². The molecule has 0 saturated carbocycles. The molecule has 6 heteroatoms. The third-order valence-electron chi connectivity index (χ3n) is 6.46. The second-order valence-electron chi connectivity index (χ2n) is 8.39. The molecule has 2 amide bonds. The van der Waals surface area contributed by atoms with Crippen molar-refractivity contribution in [3.8, 4) is 0 Å². The number of carbonyl (C=O) groups is 2. The van der Waals surface area contributed by atoms with Gasteiger partial charge in [-0.15, -0.1) is 0 Å². The Balaban J connectivity index is 1.44. The Hall–Kier alpha value is -3.12. The molecule has 3 aromatic rings. The number of fused-ring (bicyclic) bond motifs is 1. The summed E-state index contributed by atoms with van der Waals surface area (Å²) in [6, 6.07) is 13.1. The molecule has 6 nitrogen and oxygen atoms in total. The smallest absolute Gasteiger partial charge is 0.323 e. The van der Waals surface area contributed by atoms with Gasteiger partial charge < -0.3 is 20.5 Å². The van der Waals surface area contributed by atoms with Gasteiger partial charge in [0.05, 0.1) is 0 Å². The summed E-state index contributed by atoms with van der Waals surface area (Å²) in [5.41, 5.74) is 4.40. The van der Waals surface area contributed by atoms with E-state index in [-0.39, 0.29) is 6.03 Å². The van der Waals surface area contributed by atoms with Crippen LogP contribution in [0.1, 0.15) is 54.9 Å². The summed E-state index contributed by atoms with van der Waals surface area (Å²) in [7, 11) is 0. The average molecular weight is 419 g/mol. The van der Waals surface area contributed by atoms with Crippen molar-refractivity contribution in [3.63, 3.8) is 0 Å². The number of rotatable bonds is 6. The zero-order valence-electron chi connectivity index (χ0n) is 18.2. The van der Waals surface area contributed by atoms with Gasteiger partial charge in [-0.05, 0) is 93.2 Å². The second-order valence-corrected chi connectivity index (χ2v) is 8.39. The van der Waals surface area contributed by atoms with Crippen LogP contribution in [0.3, 0.4) is 0 Å². The van der Waals surface area contributed by atoms with Gasteiger partial charge in [0.15, 0.2) is 0 Å². The van der Waals surface area contributed by atoms with E-state index in [9.17, 15) is 9.59 Å². The molecule has 2 aromatic carbocycles. The third-order valence-corrected chi connectivity index (χ3v) is 6.46. The number of amides is 2. The summed E-state index contributed by atoms with van der Waals surface area (Å²) in [5.74, 6) is 0.537. The van der Waals surface area contributed by atoms with E-state index < -0.39 is 0 Å². The quantitative estimate of drug-likeness (QED) is 0.456. The van der Waals surface area contributed by atoms with Gasteiger partial charge in [-0.3, -0.25) is 4.79 Å². The number of hydrogen-bond donors (Lipinski definition) is 3. The van der Waals surface area contributed by atoms with Crippen molar-refractivity contribution >= 4 is 34.6 Å². The first-order valence-corrected chi connectivity index (χ1v) is 11.1. The van der Waals surface area contributed by atoms with Crippen LogP contribution in [0.2, 0.25) is 0 Å². The lowest BCUT2D eigenvalue weighted by Crippen LogP contribution is -2.39. The van der Waals surface area contributed by atoms with Gasteiger partial charge in [0.25, 0.3) is 0 Å². The minimum Gasteiger partial charge on any atom is -0.361 e. The van der Waals surface area contributed by atoms with Crippen molar-refractivity contribution in [1.29, 1.82) is 0 Å². The van der Waals surface area contributed by atoms with Crippen LogP contribution < -0.4 is 10.6 Å². The van der Waals surface area contributed by atoms with Gasteiger partial charge in [0.1, 0.15) is 6.29 Å². The Kier molecular flexibility index (Phi) is 6.37. The molecule has 0 bridgehead atoms. The van der Waals surface area contributed by atoms with Crippen LogP contribution in [0.25, 0.3) is 10.9 Å². The highest BCUT2D eigenvalue weighted by atomic mass is 16.2. The lowest BCUT2D eigenvalue weighted by atomic mass is 9.88. The molecule has 1 atom stereocenters. The summed E-state index contributed by atoms with van der Waals surface area (Å²) >= 11 is 0. The van der Waals surface area contributed by atoms with Crippen molar-refractivity contribution in [3.05, 3.63) is 59.8 Å². The minimum absolute atomic E-state index is 0.308. The van der Waals surface area contributed by atoms with Gasteiger partial charge in [0.2, 0.25) is 0 Å². The number of hydrogen-bond acceptors (Lipinski definition) is 3. The zero-order valence-corrected chi connectivity index (χ0v) is 18.2. The molecule has 1 unspecified atom stereocenters. The van der Waals surface area contributed by atoms with E-state index in [4.69, 9.17) is 0 Å². The van der Waals surface area contributed by atoms with E-state index in [0.29, 0.717) is 23.2 Å². The van der Waals surface area contributed by atoms with Gasteiger partial charge in [0, 0.05) is 40.1 Å². The predicted molar refractivity (Wildman–Crippen MR) is 126 cm³/mol. The molecule has 0 spiro atoms. The maximum atomic E-state index is 12.4. The lowest BCUT2D eigenvalue weighted by Gasteiger charge is -2.35. The number of likely N-dealkylation sites (tertiary alicyclic amines) is 1. The molecular weight excluding hydrogens is 388 g/mol. The van der Waals surface area contributed by atoms with Crippen molar-refractivity contribution in [2.24, 2.45) is 0 Å². The molecular formula is C25H30N4O2. The standard InChI is InChI=1S/C25H30N4O2/c1-3-17(2)29-12-10-19(11-13-29)23-15-26-24-9-8-21(14-22(23)24)28-25(31)27-20-6-4-18(16-30)5-7-20/h4-9,14-17,19,26H,3,10-13H2,1-2H3,(H2,27,28,31). The van der Waals surface area contributed by atoms with Crippen LogP contribution in [0.15, 0.2) is 48.7 Å². The number of piperidine rings is 1. The molecule has 0 aliphatic carbocycles. The molecule has 1 aromatic heterocycles. The highest BCUT2D eigenvalue weighted by Gasteiger charge is 2.24. The van der Waals surface area contributed by atoms with Gasteiger partial charge >= 0.3 is 6.03 Å². The van der Waals surface area contributed by atoms with E-state index >= 15 is 0 Å². The Labute approximate surface area is 183 Å². The highest BCUT2D eigenvalue weighted by molar-refractivity contribution is 6.01. The van der Waals surface area contributed by atoms with Crippen LogP contribution >= 0.6 is 0 Å². The third kappa shape index (κ3) is 4.80. The SMILES string of the molecule is CCC(C)N1CCC(c2c[nH]c3ccc(NC(=O)Nc4ccc(C=O)cc4)cc23)CC1. The Morgan fingerprint density at radius 2 is 1.81 bits per heavy atom. The summed E-state index contributed by atoms with van der Waals surface area (Å²) in [5, 5.41) is 6.90. The highest BCUT2D eigenvalue weighted by Crippen LogP contribution is 2.35. The molecule has 0 radical (unpaired) electrons. The number of benzene rings is 2. The molecule has 31 heavy (non-hydrogen) atoms. The van der Waals surface area contributed by atoms with E-state index in [0.717, 1.165) is 43.4 Å². The van der Waals surface area contributed by atoms with Crippen molar-refractivity contribution in [2.75, 3.05) is 23.7 Å². The van der Waals surface area contributed by atoms with Crippen molar-refractivity contribution < 1.29 is 9.59 Å². The van der Waals surface area contributed by atoms with Crippen molar-refractivity contribution in [2.45, 2.75) is 45.1 Å². The molecule has 3 N–H and O–H groups in total. The Morgan fingerprint density at radius 1 is 1.13 bits per heavy atom. The molecule has 1 fully saturated rings. The summed E-state index contributed by atoms with van der Waals surface area (Å²) in [6.45, 7) is 6.83. The van der Waals surface area contributed by atoms with Gasteiger partial charge in [-0.2, -0.15) is 0 Å². The van der Waals surface area contributed by atoms with Crippen LogP contribution in [-0.4, -0.2) is 41.3 Å². The number of nitrogens with one attached hydrogen (secondary N) is 3. The fourth-order valence-electron chi connectivity index (χ4n) is 4.41. The van der Waals surface area contributed by atoms with E-state index in [1.807, 2.05) is 12.1 Å². The van der Waals surface area contributed by atoms with Crippen LogP contribution in [0, 0.1) is 0 Å². The molecule has 1 aliphatic rings. The number of aldehydes is 1. The largest absolute Gasteiger partial charge is 0.361 e. The number of aromatic amines is 1. The summed E-state index contributed by atoms with van der Waals surface area (Å²) in [4.78, 5) is 29.2. The fourth-order valence-corrected chi connectivity index (χ4v) is 4.41. The van der Waals surface area contributed by atoms with E-state index in [1.54, 1.807) is 24.3 Å². The van der Waals surface area contributed by atoms with E-state index in [2.05, 4.69) is 46.6 Å². The zero-order chi connectivity index (χ0) is 21.8. The molecule has 1 saturated heterocycles. The number of carbonyl (C=O) groups excluding carboxylic acids is 2. The minimum atomic E-state index is -0.308. The van der Waals surface area contributed by atoms with Crippen LogP contribution in [-0.2, 0) is 0 Å². The molecule has 2 heterocycles. The predicted octanol–water partition coefficient (Wildman–Crippen LogP) is 5.60. The number of anilines is 2. The average Bonchev–Trinajstić information content (AvgIpc) is 3.22. The number of H-pyrrole nitrogens is 1. The monoisotopic (exact) mass is 418 g/mol. The number of nitrogens with zero attached hydrogens (tertiary/aromatic N) is 1. The summed E-state index contributed by atoms with van der Waals surface area (Å²) in [6.07, 6.45) is 6.42. The fraction of sp³-hybridized carbons (Fsp3) is 0.360. The maximum Gasteiger partial charge on any atom is 0.323 e. The Bertz CT molecular complexity index is 1050. The van der Waals surface area contributed by atoms with Crippen LogP contribution in [0.4, 0.5) is 16.2 Å². The van der Waals surface area contributed by atoms with Crippen LogP contribution in [0.5, 0.6) is 0 Å². The molecule has 1 aliphatic heterocycles. The Morgan fingerprint density at radius 3 is 2.48 bits per heavy atom. The second kappa shape index (κ2) is 9.35. The normalized spacial score (nSPS) is 16.2. The summed E-state index contributed by atoms with van der Waals surface area (Å²) < 4.78 is 0. The first-order valence-electron chi connectivity index (χ1n) is 11.1. The van der Waals surface area contributed by atoms with E-state index in [1.165, 1.54) is 17.4 Å². The number of aromatic nitrogens is 1. The first-order chi connectivity index (χ1) is 15.1. The van der Waals surface area contributed by atoms with Gasteiger partial charge in [-0.25, -0.2) is 4.79 Å². The first kappa shape index (κ1) is 21.1. The lowest BCUT2D eigenvalue weighted by molar-refractivity contribution is 0.112. The van der Waals surface area contributed by atoms with Gasteiger partial charge in [-0.1, -0.05) is 6.92 Å².